The lowest BCUT2D eigenvalue weighted by Crippen LogP contribution is -1.91. The number of hydrogen-bond acceptors (Lipinski definition) is 1. The average molecular weight is 248 g/mol. The maximum absolute atomic E-state index is 10.2. The molecule has 0 saturated carbocycles. The Balaban J connectivity index is 3.30. The van der Waals surface area contributed by atoms with Crippen LogP contribution in [0.5, 0.6) is 0 Å². The molecule has 0 fully saturated rings. The molecule has 0 aromatic carbocycles. The van der Waals surface area contributed by atoms with Crippen LogP contribution in [0.25, 0.3) is 0 Å². The van der Waals surface area contributed by atoms with Gasteiger partial charge < -0.3 is 5.11 Å². The molecule has 0 atom stereocenters. The lowest BCUT2D eigenvalue weighted by molar-refractivity contribution is -0.136. The van der Waals surface area contributed by atoms with E-state index in [1.807, 2.05) is 0 Å². The molecule has 2 nitrogen and oxygen atoms in total. The van der Waals surface area contributed by atoms with Crippen molar-refractivity contribution < 1.29 is 9.90 Å². The Morgan fingerprint density at radius 2 is 1.44 bits per heavy atom. The van der Waals surface area contributed by atoms with Crippen LogP contribution in [-0.4, -0.2) is 11.1 Å². The Morgan fingerprint density at radius 1 is 0.889 bits per heavy atom. The van der Waals surface area contributed by atoms with Gasteiger partial charge in [0.1, 0.15) is 0 Å². The van der Waals surface area contributed by atoms with Gasteiger partial charge in [-0.15, -0.1) is 0 Å². The fraction of sp³-hybridized carbons (Fsp3) is 0.688. The van der Waals surface area contributed by atoms with Crippen LogP contribution in [0, 0.1) is 23.7 Å². The summed E-state index contributed by atoms with van der Waals surface area (Å²) in [5.41, 5.74) is 0. The average Bonchev–Trinajstić information content (AvgIpc) is 2.34. The molecule has 0 radical (unpaired) electrons. The van der Waals surface area contributed by atoms with Gasteiger partial charge in [0.25, 0.3) is 0 Å². The highest BCUT2D eigenvalue weighted by Crippen LogP contribution is 2.07. The summed E-state index contributed by atoms with van der Waals surface area (Å²) in [6, 6.07) is 0. The van der Waals surface area contributed by atoms with Crippen LogP contribution < -0.4 is 0 Å². The quantitative estimate of drug-likeness (QED) is 0.494. The smallest absolute Gasteiger partial charge is 0.304 e. The molecule has 0 aromatic rings. The third kappa shape index (κ3) is 14.6. The minimum Gasteiger partial charge on any atom is -0.481 e. The highest BCUT2D eigenvalue weighted by Gasteiger charge is 1.90. The zero-order valence-electron chi connectivity index (χ0n) is 11.4. The van der Waals surface area contributed by atoms with Crippen LogP contribution in [0.3, 0.4) is 0 Å². The van der Waals surface area contributed by atoms with E-state index in [1.165, 1.54) is 38.5 Å². The van der Waals surface area contributed by atoms with Crippen LogP contribution >= 0.6 is 0 Å². The first-order valence-corrected chi connectivity index (χ1v) is 6.95. The topological polar surface area (TPSA) is 37.3 Å². The van der Waals surface area contributed by atoms with Crippen molar-refractivity contribution in [3.63, 3.8) is 0 Å². The van der Waals surface area contributed by atoms with Crippen LogP contribution in [0.1, 0.15) is 71.1 Å². The molecule has 100 valence electrons. The fourth-order valence-corrected chi connectivity index (χ4v) is 1.55. The zero-order valence-corrected chi connectivity index (χ0v) is 11.4. The number of carbonyl (C=O) groups is 1. The van der Waals surface area contributed by atoms with Gasteiger partial charge in [0.05, 0.1) is 6.42 Å². The van der Waals surface area contributed by atoms with Crippen molar-refractivity contribution in [2.24, 2.45) is 0 Å². The molecule has 0 amide bonds. The van der Waals surface area contributed by atoms with Gasteiger partial charge in [-0.3, -0.25) is 4.79 Å². The molecule has 0 aliphatic carbocycles. The third-order valence-electron chi connectivity index (χ3n) is 2.61. The highest BCUT2D eigenvalue weighted by atomic mass is 16.4. The van der Waals surface area contributed by atoms with Gasteiger partial charge in [-0.2, -0.15) is 0 Å². The number of carboxylic acids is 1. The van der Waals surface area contributed by atoms with Crippen molar-refractivity contribution in [2.75, 3.05) is 0 Å². The molecule has 0 saturated heterocycles. The van der Waals surface area contributed by atoms with Crippen LogP contribution in [-0.2, 0) is 4.79 Å². The van der Waals surface area contributed by atoms with Crippen molar-refractivity contribution in [1.82, 2.24) is 0 Å². The molecule has 0 spiro atoms. The fourth-order valence-electron chi connectivity index (χ4n) is 1.55. The first kappa shape index (κ1) is 16.6. The van der Waals surface area contributed by atoms with E-state index in [9.17, 15) is 4.79 Å². The summed E-state index contributed by atoms with van der Waals surface area (Å²) in [6.45, 7) is 2.23. The van der Waals surface area contributed by atoms with Gasteiger partial charge >= 0.3 is 5.97 Å². The van der Waals surface area contributed by atoms with E-state index < -0.39 is 5.97 Å². The monoisotopic (exact) mass is 248 g/mol. The summed E-state index contributed by atoms with van der Waals surface area (Å²) in [5.74, 6) is 10.4. The van der Waals surface area contributed by atoms with Crippen LogP contribution in [0.15, 0.2) is 0 Å². The van der Waals surface area contributed by atoms with Crippen molar-refractivity contribution in [1.29, 1.82) is 0 Å². The van der Waals surface area contributed by atoms with Gasteiger partial charge in [0.2, 0.25) is 0 Å². The summed E-state index contributed by atoms with van der Waals surface area (Å²) in [5, 5.41) is 8.39. The number of hydrogen-bond donors (Lipinski definition) is 1. The molecule has 0 bridgehead atoms. The minimum atomic E-state index is -0.805. The molecule has 2 heteroatoms. The molecular weight excluding hydrogens is 224 g/mol. The van der Waals surface area contributed by atoms with Gasteiger partial charge in [-0.05, 0) is 18.3 Å². The number of unbranched alkanes of at least 4 members (excludes halogenated alkanes) is 7. The standard InChI is InChI=1S/C16H24O2/c1-2-3-4-5-6-7-8-9-10-11-12-13-14-15-16(17)18/h2-9,14-15H2,1H3,(H,17,18). The van der Waals surface area contributed by atoms with Gasteiger partial charge in [-0.25, -0.2) is 0 Å². The summed E-state index contributed by atoms with van der Waals surface area (Å²) >= 11 is 0. The molecular formula is C16H24O2. The van der Waals surface area contributed by atoms with E-state index in [0.717, 1.165) is 12.8 Å². The van der Waals surface area contributed by atoms with E-state index in [-0.39, 0.29) is 6.42 Å². The highest BCUT2D eigenvalue weighted by molar-refractivity contribution is 5.67. The van der Waals surface area contributed by atoms with E-state index in [2.05, 4.69) is 30.6 Å². The summed E-state index contributed by atoms with van der Waals surface area (Å²) in [6.07, 6.45) is 10.5. The van der Waals surface area contributed by atoms with E-state index in [1.54, 1.807) is 0 Å². The predicted molar refractivity (Wildman–Crippen MR) is 75.0 cm³/mol. The predicted octanol–water partition coefficient (Wildman–Crippen LogP) is 4.00. The van der Waals surface area contributed by atoms with Crippen LogP contribution in [0.2, 0.25) is 0 Å². The molecule has 18 heavy (non-hydrogen) atoms. The molecule has 0 aliphatic rings. The molecule has 0 aromatic heterocycles. The number of aliphatic carboxylic acids is 1. The minimum absolute atomic E-state index is 0.104. The maximum Gasteiger partial charge on any atom is 0.304 e. The molecule has 0 unspecified atom stereocenters. The summed E-state index contributed by atoms with van der Waals surface area (Å²) < 4.78 is 0. The lowest BCUT2D eigenvalue weighted by atomic mass is 10.1. The molecule has 0 heterocycles. The molecule has 0 aliphatic heterocycles. The Labute approximate surface area is 111 Å². The Bertz CT molecular complexity index is 322. The first-order valence-electron chi connectivity index (χ1n) is 6.95. The van der Waals surface area contributed by atoms with E-state index in [0.29, 0.717) is 6.42 Å². The Hall–Kier alpha value is -1.41. The van der Waals surface area contributed by atoms with Crippen molar-refractivity contribution in [3.05, 3.63) is 0 Å². The molecule has 1 N–H and O–H groups in total. The second-order valence-corrected chi connectivity index (χ2v) is 4.37. The van der Waals surface area contributed by atoms with Gasteiger partial charge in [-0.1, -0.05) is 57.3 Å². The summed E-state index contributed by atoms with van der Waals surface area (Å²) in [4.78, 5) is 10.2. The lowest BCUT2D eigenvalue weighted by Gasteiger charge is -1.97. The van der Waals surface area contributed by atoms with Gasteiger partial charge in [0.15, 0.2) is 0 Å². The SMILES string of the molecule is CCCCCCCCCC#CC#CCCC(=O)O. The van der Waals surface area contributed by atoms with E-state index in [4.69, 9.17) is 5.11 Å². The first-order chi connectivity index (χ1) is 8.77. The molecule has 0 rings (SSSR count). The normalized spacial score (nSPS) is 8.94. The number of carboxylic acid groups (broad SMARTS) is 1. The summed E-state index contributed by atoms with van der Waals surface area (Å²) in [7, 11) is 0. The second kappa shape index (κ2) is 13.7. The Kier molecular flexibility index (Phi) is 12.6. The second-order valence-electron chi connectivity index (χ2n) is 4.37. The van der Waals surface area contributed by atoms with Crippen LogP contribution in [0.4, 0.5) is 0 Å². The third-order valence-corrected chi connectivity index (χ3v) is 2.61. The Morgan fingerprint density at radius 3 is 2.06 bits per heavy atom. The largest absolute Gasteiger partial charge is 0.481 e. The van der Waals surface area contributed by atoms with Crippen molar-refractivity contribution in [2.45, 2.75) is 71.1 Å². The van der Waals surface area contributed by atoms with E-state index >= 15 is 0 Å². The zero-order chi connectivity index (χ0) is 13.5. The number of rotatable bonds is 9. The van der Waals surface area contributed by atoms with Crippen molar-refractivity contribution >= 4 is 5.97 Å². The maximum atomic E-state index is 10.2. The van der Waals surface area contributed by atoms with Crippen molar-refractivity contribution in [3.8, 4) is 23.7 Å². The van der Waals surface area contributed by atoms with Gasteiger partial charge in [0, 0.05) is 12.8 Å².